The second-order valence-electron chi connectivity index (χ2n) is 23.9. The minimum Gasteiger partial charge on any atom is -0.455 e. The molecule has 0 unspecified atom stereocenters. The first-order valence-corrected chi connectivity index (χ1v) is 31.6. The second-order valence-corrected chi connectivity index (χ2v) is 29.0. The maximum atomic E-state index is 16.6. The minimum atomic E-state index is -1.71. The van der Waals surface area contributed by atoms with Gasteiger partial charge in [-0.1, -0.05) is 179 Å². The summed E-state index contributed by atoms with van der Waals surface area (Å²) in [4.78, 5) is 15.2. The lowest BCUT2D eigenvalue weighted by Gasteiger charge is -2.36. The van der Waals surface area contributed by atoms with Crippen LogP contribution in [0.15, 0.2) is 235 Å². The number of fused-ring (bicyclic) bond motifs is 7. The number of benzene rings is 9. The molecule has 13 rings (SSSR count). The van der Waals surface area contributed by atoms with Gasteiger partial charge in [0.05, 0.1) is 24.6 Å². The Balaban J connectivity index is 1.18. The third-order valence-corrected chi connectivity index (χ3v) is 18.4. The van der Waals surface area contributed by atoms with Gasteiger partial charge in [0.2, 0.25) is 0 Å². The molecule has 0 radical (unpaired) electrons. The number of anilines is 6. The summed E-state index contributed by atoms with van der Waals surface area (Å²) in [7, 11) is -1.71. The molecule has 0 saturated heterocycles. The quantitative estimate of drug-likeness (QED) is 0.121. The number of aromatic nitrogens is 2. The second kappa shape index (κ2) is 20.1. The van der Waals surface area contributed by atoms with Crippen molar-refractivity contribution in [1.29, 1.82) is 0 Å². The maximum absolute atomic E-state index is 16.6. The van der Waals surface area contributed by atoms with Gasteiger partial charge in [0.1, 0.15) is 34.4 Å². The van der Waals surface area contributed by atoms with Crippen molar-refractivity contribution in [3.8, 4) is 33.4 Å². The predicted octanol–water partition coefficient (Wildman–Crippen LogP) is 19.8. The lowest BCUT2D eigenvalue weighted by atomic mass is 9.67. The van der Waals surface area contributed by atoms with Crippen LogP contribution in [-0.4, -0.2) is 18.0 Å². The summed E-state index contributed by atoms with van der Waals surface area (Å²) in [5.41, 5.74) is 15.0. The van der Waals surface area contributed by atoms with E-state index in [-0.39, 0.29) is 5.41 Å². The number of halogens is 2. The average molecular weight is 1090 g/mol. The normalized spacial score (nSPS) is 12.9. The zero-order chi connectivity index (χ0) is 56.7. The Morgan fingerprint density at radius 3 is 1.57 bits per heavy atom. The summed E-state index contributed by atoms with van der Waals surface area (Å²) in [6.45, 7) is 17.9. The standard InChI is InChI=1S/C74H62F2N4OSi/c1-47-39-62(49-19-11-9-12-20-49)71(77-45-47)79(56-33-36-59(37-34-56)82(6,7)8)58-35-38-60-64(43-58)74(52-23-17-25-54(75)41-52,53-24-18-26-55(76)42-53)65-44-66(69-61-27-15-16-28-67(61)81-70(69)68(60)65)80(57-31-29-51(30-32-57)73(3,4)5)72-63(40-48(2)46-78-72)50-21-13-10-14-22-50/h9-46H,1-8H3. The SMILES string of the molecule is Cc1cnc(N(c2ccc([Si](C)(C)C)cc2)c2ccc3c(c2)C(c2cccc(F)c2)(c2cccc(F)c2)c2cc(N(c4ccc(C(C)(C)C)cc4)c4ncc(C)cc4-c4ccccc4)c4c(oc5ccccc54)c2-3)c(-c2ccccc2)c1. The zero-order valence-electron chi connectivity index (χ0n) is 47.4. The molecule has 5 nitrogen and oxygen atoms in total. The van der Waals surface area contributed by atoms with Crippen LogP contribution in [0.5, 0.6) is 0 Å². The molecule has 0 atom stereocenters. The third-order valence-electron chi connectivity index (χ3n) is 16.3. The summed E-state index contributed by atoms with van der Waals surface area (Å²) in [6.07, 6.45) is 3.85. The molecule has 3 heterocycles. The fraction of sp³-hybridized carbons (Fsp3) is 0.135. The molecule has 0 saturated carbocycles. The average Bonchev–Trinajstić information content (AvgIpc) is 2.09. The molecule has 402 valence electrons. The first-order valence-electron chi connectivity index (χ1n) is 28.1. The van der Waals surface area contributed by atoms with E-state index in [0.29, 0.717) is 28.1 Å². The lowest BCUT2D eigenvalue weighted by Crippen LogP contribution is -2.37. The highest BCUT2D eigenvalue weighted by Crippen LogP contribution is 2.62. The van der Waals surface area contributed by atoms with Crippen LogP contribution < -0.4 is 15.0 Å². The number of rotatable bonds is 11. The molecule has 0 N–H and O–H groups in total. The Labute approximate surface area is 479 Å². The molecule has 0 amide bonds. The molecular weight excluding hydrogens is 1030 g/mol. The van der Waals surface area contributed by atoms with E-state index in [4.69, 9.17) is 14.4 Å². The van der Waals surface area contributed by atoms with Crippen LogP contribution in [-0.2, 0) is 10.8 Å². The molecule has 0 fully saturated rings. The van der Waals surface area contributed by atoms with Crippen molar-refractivity contribution in [2.24, 2.45) is 0 Å². The number of hydrogen-bond donors (Lipinski definition) is 0. The van der Waals surface area contributed by atoms with Crippen LogP contribution in [0.3, 0.4) is 0 Å². The van der Waals surface area contributed by atoms with Gasteiger partial charge in [-0.05, 0) is 160 Å². The van der Waals surface area contributed by atoms with Gasteiger partial charge in [-0.15, -0.1) is 0 Å². The molecular formula is C74H62F2N4OSi. The van der Waals surface area contributed by atoms with Crippen LogP contribution in [0.1, 0.15) is 59.7 Å². The van der Waals surface area contributed by atoms with Gasteiger partial charge in [-0.25, -0.2) is 18.7 Å². The van der Waals surface area contributed by atoms with E-state index >= 15 is 8.78 Å². The molecule has 0 aliphatic heterocycles. The largest absolute Gasteiger partial charge is 0.455 e. The van der Waals surface area contributed by atoms with E-state index in [1.165, 1.54) is 22.9 Å². The highest BCUT2D eigenvalue weighted by Gasteiger charge is 2.49. The number of para-hydroxylation sites is 1. The van der Waals surface area contributed by atoms with Crippen molar-refractivity contribution in [2.75, 3.05) is 9.80 Å². The topological polar surface area (TPSA) is 45.4 Å². The minimum absolute atomic E-state index is 0.117. The van der Waals surface area contributed by atoms with Crippen molar-refractivity contribution >= 4 is 69.6 Å². The van der Waals surface area contributed by atoms with Crippen molar-refractivity contribution < 1.29 is 13.2 Å². The Kier molecular flexibility index (Phi) is 12.8. The monoisotopic (exact) mass is 1090 g/mol. The summed E-state index contributed by atoms with van der Waals surface area (Å²) in [6, 6.07) is 73.5. The summed E-state index contributed by atoms with van der Waals surface area (Å²) < 4.78 is 40.6. The molecule has 9 aromatic carbocycles. The van der Waals surface area contributed by atoms with Gasteiger partial charge in [-0.3, -0.25) is 9.80 Å². The maximum Gasteiger partial charge on any atom is 0.145 e. The highest BCUT2D eigenvalue weighted by molar-refractivity contribution is 6.88. The van der Waals surface area contributed by atoms with E-state index in [9.17, 15) is 0 Å². The fourth-order valence-electron chi connectivity index (χ4n) is 12.3. The van der Waals surface area contributed by atoms with Gasteiger partial charge >= 0.3 is 0 Å². The Bertz CT molecular complexity index is 4360. The van der Waals surface area contributed by atoms with Crippen LogP contribution in [0.4, 0.5) is 43.2 Å². The first-order chi connectivity index (χ1) is 39.6. The number of aryl methyl sites for hydroxylation is 2. The molecule has 0 spiro atoms. The third kappa shape index (κ3) is 8.89. The summed E-state index contributed by atoms with van der Waals surface area (Å²) in [5.74, 6) is 0.621. The van der Waals surface area contributed by atoms with Crippen LogP contribution in [0.25, 0.3) is 55.3 Å². The van der Waals surface area contributed by atoms with Crippen LogP contribution in [0, 0.1) is 25.5 Å². The number of nitrogens with zero attached hydrogens (tertiary/aromatic N) is 4. The molecule has 82 heavy (non-hydrogen) atoms. The van der Waals surface area contributed by atoms with Crippen molar-refractivity contribution in [1.82, 2.24) is 9.97 Å². The highest BCUT2D eigenvalue weighted by atomic mass is 28.3. The van der Waals surface area contributed by atoms with E-state index in [1.54, 1.807) is 24.3 Å². The smallest absolute Gasteiger partial charge is 0.145 e. The molecule has 0 bridgehead atoms. The number of hydrogen-bond acceptors (Lipinski definition) is 5. The lowest BCUT2D eigenvalue weighted by molar-refractivity contribution is 0.590. The molecule has 8 heteroatoms. The van der Waals surface area contributed by atoms with Gasteiger partial charge in [0.25, 0.3) is 0 Å². The van der Waals surface area contributed by atoms with Crippen LogP contribution >= 0.6 is 0 Å². The van der Waals surface area contributed by atoms with Crippen molar-refractivity contribution in [2.45, 2.75) is 65.1 Å². The van der Waals surface area contributed by atoms with Crippen LogP contribution in [0.2, 0.25) is 19.6 Å². The molecule has 1 aliphatic rings. The van der Waals surface area contributed by atoms with E-state index in [0.717, 1.165) is 95.0 Å². The molecule has 1 aliphatic carbocycles. The number of furan rings is 1. The predicted molar refractivity (Wildman–Crippen MR) is 338 cm³/mol. The Morgan fingerprint density at radius 2 is 1.01 bits per heavy atom. The van der Waals surface area contributed by atoms with Crippen molar-refractivity contribution in [3.63, 3.8) is 0 Å². The van der Waals surface area contributed by atoms with Crippen molar-refractivity contribution in [3.05, 3.63) is 281 Å². The van der Waals surface area contributed by atoms with E-state index < -0.39 is 25.1 Å². The fourth-order valence-corrected chi connectivity index (χ4v) is 13.5. The van der Waals surface area contributed by atoms with Gasteiger partial charge in [0.15, 0.2) is 0 Å². The molecule has 12 aromatic rings. The summed E-state index contributed by atoms with van der Waals surface area (Å²) >= 11 is 0. The molecule has 3 aromatic heterocycles. The van der Waals surface area contributed by atoms with Gasteiger partial charge < -0.3 is 4.42 Å². The van der Waals surface area contributed by atoms with Gasteiger partial charge in [-0.2, -0.15) is 0 Å². The Morgan fingerprint density at radius 1 is 0.488 bits per heavy atom. The summed E-state index contributed by atoms with van der Waals surface area (Å²) in [5, 5.41) is 3.12. The van der Waals surface area contributed by atoms with E-state index in [1.807, 2.05) is 54.9 Å². The Hall–Kier alpha value is -9.24. The number of pyridine rings is 2. The first kappa shape index (κ1) is 52.1. The zero-order valence-corrected chi connectivity index (χ0v) is 48.4. The van der Waals surface area contributed by atoms with E-state index in [2.05, 4.69) is 204 Å². The van der Waals surface area contributed by atoms with Gasteiger partial charge in [0, 0.05) is 51.5 Å².